The van der Waals surface area contributed by atoms with Crippen LogP contribution in [0.4, 0.5) is 4.39 Å². The van der Waals surface area contributed by atoms with Gasteiger partial charge in [0.15, 0.2) is 0 Å². The van der Waals surface area contributed by atoms with E-state index < -0.39 is 15.8 Å². The van der Waals surface area contributed by atoms with Gasteiger partial charge in [-0.2, -0.15) is 0 Å². The van der Waals surface area contributed by atoms with E-state index in [0.29, 0.717) is 23.7 Å². The molecule has 0 saturated heterocycles. The number of nitrogens with one attached hydrogen (secondary N) is 1. The van der Waals surface area contributed by atoms with Crippen LogP contribution in [-0.4, -0.2) is 15.5 Å². The number of methoxy groups -OCH3 is 1. The Bertz CT molecular complexity index is 817. The highest BCUT2D eigenvalue weighted by Gasteiger charge is 2.24. The molecule has 0 aliphatic rings. The van der Waals surface area contributed by atoms with Gasteiger partial charge in [-0.05, 0) is 60.7 Å². The molecule has 6 heteroatoms. The van der Waals surface area contributed by atoms with Crippen LogP contribution >= 0.6 is 0 Å². The van der Waals surface area contributed by atoms with E-state index in [1.54, 1.807) is 26.2 Å². The second-order valence-corrected chi connectivity index (χ2v) is 8.17. The molecule has 0 aliphatic heterocycles. The molecular weight excluding hydrogens is 341 g/mol. The third-order valence-corrected chi connectivity index (χ3v) is 5.58. The van der Waals surface area contributed by atoms with E-state index in [1.807, 2.05) is 26.0 Å². The van der Waals surface area contributed by atoms with Gasteiger partial charge in [0, 0.05) is 6.04 Å². The number of ether oxygens (including phenoxy) is 1. The van der Waals surface area contributed by atoms with Crippen LogP contribution in [0.25, 0.3) is 0 Å². The smallest absolute Gasteiger partial charge is 0.241 e. The van der Waals surface area contributed by atoms with Gasteiger partial charge >= 0.3 is 0 Å². The van der Waals surface area contributed by atoms with E-state index in [0.717, 1.165) is 11.6 Å². The van der Waals surface area contributed by atoms with E-state index in [4.69, 9.17) is 4.74 Å². The number of hydrogen-bond acceptors (Lipinski definition) is 3. The largest absolute Gasteiger partial charge is 0.497 e. The fraction of sp³-hybridized carbons (Fsp3) is 0.368. The van der Waals surface area contributed by atoms with Crippen molar-refractivity contribution < 1.29 is 17.5 Å². The summed E-state index contributed by atoms with van der Waals surface area (Å²) in [5.41, 5.74) is 1.24. The van der Waals surface area contributed by atoms with Gasteiger partial charge in [0.05, 0.1) is 12.0 Å². The molecule has 0 aliphatic carbocycles. The highest BCUT2D eigenvalue weighted by Crippen LogP contribution is 2.26. The standard InChI is InChI=1S/C19H24FNO3S/c1-13(2)11-18(15-5-8-17(24-4)9-6-15)21-25(22,23)19-10-7-16(20)12-14(19)3/h5-10,12-13,18,21H,11H2,1-4H3/t18-/m1/s1. The summed E-state index contributed by atoms with van der Waals surface area (Å²) in [5.74, 6) is 0.554. The SMILES string of the molecule is COc1ccc([C@@H](CC(C)C)NS(=O)(=O)c2ccc(F)cc2C)cc1. The molecule has 0 heterocycles. The summed E-state index contributed by atoms with van der Waals surface area (Å²) in [7, 11) is -2.18. The second kappa shape index (κ2) is 7.97. The molecular formula is C19H24FNO3S. The highest BCUT2D eigenvalue weighted by molar-refractivity contribution is 7.89. The lowest BCUT2D eigenvalue weighted by molar-refractivity contribution is 0.414. The van der Waals surface area contributed by atoms with Crippen molar-refractivity contribution in [3.05, 3.63) is 59.4 Å². The lowest BCUT2D eigenvalue weighted by atomic mass is 9.98. The van der Waals surface area contributed by atoms with Crippen molar-refractivity contribution >= 4 is 10.0 Å². The van der Waals surface area contributed by atoms with Gasteiger partial charge in [-0.3, -0.25) is 0 Å². The Morgan fingerprint density at radius 1 is 1.12 bits per heavy atom. The maximum Gasteiger partial charge on any atom is 0.241 e. The van der Waals surface area contributed by atoms with Gasteiger partial charge < -0.3 is 4.74 Å². The average Bonchev–Trinajstić information content (AvgIpc) is 2.53. The van der Waals surface area contributed by atoms with Crippen LogP contribution < -0.4 is 9.46 Å². The van der Waals surface area contributed by atoms with E-state index in [9.17, 15) is 12.8 Å². The topological polar surface area (TPSA) is 55.4 Å². The van der Waals surface area contributed by atoms with E-state index in [2.05, 4.69) is 4.72 Å². The molecule has 0 aromatic heterocycles. The molecule has 0 amide bonds. The van der Waals surface area contributed by atoms with Gasteiger partial charge in [-0.25, -0.2) is 17.5 Å². The number of aryl methyl sites for hydroxylation is 1. The first kappa shape index (κ1) is 19.4. The summed E-state index contributed by atoms with van der Waals surface area (Å²) in [6.07, 6.45) is 0.645. The van der Waals surface area contributed by atoms with Gasteiger partial charge in [-0.15, -0.1) is 0 Å². The highest BCUT2D eigenvalue weighted by atomic mass is 32.2. The maximum atomic E-state index is 13.3. The minimum absolute atomic E-state index is 0.0937. The normalized spacial score (nSPS) is 13.0. The summed E-state index contributed by atoms with van der Waals surface area (Å²) < 4.78 is 46.8. The van der Waals surface area contributed by atoms with Crippen molar-refractivity contribution in [2.75, 3.05) is 7.11 Å². The van der Waals surface area contributed by atoms with Crippen LogP contribution in [0.2, 0.25) is 0 Å². The predicted octanol–water partition coefficient (Wildman–Crippen LogP) is 4.21. The zero-order chi connectivity index (χ0) is 18.6. The Hall–Kier alpha value is -1.92. The van der Waals surface area contributed by atoms with Crippen LogP contribution in [0, 0.1) is 18.7 Å². The fourth-order valence-corrected chi connectivity index (χ4v) is 4.19. The third kappa shape index (κ3) is 5.03. The lowest BCUT2D eigenvalue weighted by Crippen LogP contribution is -2.30. The van der Waals surface area contributed by atoms with Gasteiger partial charge in [0.25, 0.3) is 0 Å². The molecule has 4 nitrogen and oxygen atoms in total. The molecule has 0 bridgehead atoms. The third-order valence-electron chi connectivity index (χ3n) is 3.95. The van der Waals surface area contributed by atoms with Crippen molar-refractivity contribution in [2.24, 2.45) is 5.92 Å². The van der Waals surface area contributed by atoms with Crippen molar-refractivity contribution in [1.82, 2.24) is 4.72 Å². The number of rotatable bonds is 7. The molecule has 25 heavy (non-hydrogen) atoms. The molecule has 0 radical (unpaired) electrons. The monoisotopic (exact) mass is 365 g/mol. The van der Waals surface area contributed by atoms with Crippen molar-refractivity contribution in [1.29, 1.82) is 0 Å². The first-order valence-electron chi connectivity index (χ1n) is 8.15. The summed E-state index contributed by atoms with van der Waals surface area (Å²) in [6.45, 7) is 5.66. The number of benzene rings is 2. The molecule has 136 valence electrons. The zero-order valence-corrected chi connectivity index (χ0v) is 15.7. The molecule has 2 rings (SSSR count). The first-order chi connectivity index (χ1) is 11.7. The molecule has 1 N–H and O–H groups in total. The Morgan fingerprint density at radius 3 is 2.28 bits per heavy atom. The first-order valence-corrected chi connectivity index (χ1v) is 9.63. The van der Waals surface area contributed by atoms with Crippen molar-refractivity contribution in [2.45, 2.75) is 38.1 Å². The van der Waals surface area contributed by atoms with Crippen molar-refractivity contribution in [3.63, 3.8) is 0 Å². The predicted molar refractivity (Wildman–Crippen MR) is 96.6 cm³/mol. The molecule has 1 atom stereocenters. The fourth-order valence-electron chi connectivity index (χ4n) is 2.72. The summed E-state index contributed by atoms with van der Waals surface area (Å²) in [6, 6.07) is 10.6. The Balaban J connectivity index is 2.34. The Labute approximate surface area is 149 Å². The van der Waals surface area contributed by atoms with Gasteiger partial charge in [0.2, 0.25) is 10.0 Å². The van der Waals surface area contributed by atoms with Crippen LogP contribution in [-0.2, 0) is 10.0 Å². The van der Waals surface area contributed by atoms with E-state index >= 15 is 0 Å². The molecule has 2 aromatic carbocycles. The second-order valence-electron chi connectivity index (χ2n) is 6.49. The summed E-state index contributed by atoms with van der Waals surface area (Å²) in [4.78, 5) is 0.0937. The maximum absolute atomic E-state index is 13.3. The number of sulfonamides is 1. The molecule has 0 fully saturated rings. The van der Waals surface area contributed by atoms with Crippen molar-refractivity contribution in [3.8, 4) is 5.75 Å². The number of hydrogen-bond donors (Lipinski definition) is 1. The van der Waals surface area contributed by atoms with Crippen LogP contribution in [0.15, 0.2) is 47.4 Å². The Kier molecular flexibility index (Phi) is 6.19. The van der Waals surface area contributed by atoms with Crippen LogP contribution in [0.3, 0.4) is 0 Å². The molecule has 0 spiro atoms. The molecule has 2 aromatic rings. The van der Waals surface area contributed by atoms with Crippen LogP contribution in [0.5, 0.6) is 5.75 Å². The lowest BCUT2D eigenvalue weighted by Gasteiger charge is -2.22. The van der Waals surface area contributed by atoms with Crippen LogP contribution in [0.1, 0.15) is 37.4 Å². The van der Waals surface area contributed by atoms with E-state index in [-0.39, 0.29) is 10.9 Å². The number of halogens is 1. The zero-order valence-electron chi connectivity index (χ0n) is 14.9. The summed E-state index contributed by atoms with van der Waals surface area (Å²) >= 11 is 0. The minimum Gasteiger partial charge on any atom is -0.497 e. The molecule has 0 unspecified atom stereocenters. The quantitative estimate of drug-likeness (QED) is 0.800. The van der Waals surface area contributed by atoms with E-state index in [1.165, 1.54) is 12.1 Å². The van der Waals surface area contributed by atoms with Gasteiger partial charge in [-0.1, -0.05) is 26.0 Å². The van der Waals surface area contributed by atoms with Gasteiger partial charge in [0.1, 0.15) is 11.6 Å². The minimum atomic E-state index is -3.76. The summed E-state index contributed by atoms with van der Waals surface area (Å²) in [5, 5.41) is 0. The molecule has 0 saturated carbocycles. The Morgan fingerprint density at radius 2 is 1.76 bits per heavy atom. The average molecular weight is 365 g/mol.